The van der Waals surface area contributed by atoms with Gasteiger partial charge < -0.3 is 9.47 Å². The molecule has 0 aliphatic heterocycles. The summed E-state index contributed by atoms with van der Waals surface area (Å²) in [6.45, 7) is 9.07. The van der Waals surface area contributed by atoms with E-state index in [2.05, 4.69) is 28.5 Å². The Balaban J connectivity index is 1.59. The molecule has 2 aromatic carbocycles. The monoisotopic (exact) mass is 462 g/mol. The Morgan fingerprint density at radius 2 is 1.74 bits per heavy atom. The van der Waals surface area contributed by atoms with E-state index in [0.29, 0.717) is 18.9 Å². The predicted octanol–water partition coefficient (Wildman–Crippen LogP) is 3.66. The van der Waals surface area contributed by atoms with Gasteiger partial charge in [-0.3, -0.25) is 0 Å². The van der Waals surface area contributed by atoms with Crippen LogP contribution in [0.15, 0.2) is 41.2 Å². The molecule has 178 valence electrons. The highest BCUT2D eigenvalue weighted by Gasteiger charge is 2.17. The van der Waals surface area contributed by atoms with Crippen molar-refractivity contribution in [2.24, 2.45) is 14.1 Å². The Kier molecular flexibility index (Phi) is 6.54. The Morgan fingerprint density at radius 3 is 2.41 bits per heavy atom. The average molecular weight is 463 g/mol. The van der Waals surface area contributed by atoms with Gasteiger partial charge in [0.15, 0.2) is 0 Å². The summed E-state index contributed by atoms with van der Waals surface area (Å²) >= 11 is 0. The minimum Gasteiger partial charge on any atom is -0.489 e. The molecule has 0 spiro atoms. The number of rotatable bonds is 8. The van der Waals surface area contributed by atoms with E-state index in [9.17, 15) is 4.79 Å². The number of aryl methyl sites for hydroxylation is 4. The van der Waals surface area contributed by atoms with Crippen LogP contribution in [0.25, 0.3) is 16.9 Å². The Bertz CT molecular complexity index is 1380. The SMILES string of the molecule is CCCOc1c(C)c(-c2ccc(OCc3c(C)cccc3-n3nnn(C)c3=O)c(C)c2)nn1C. The molecule has 4 aromatic rings. The van der Waals surface area contributed by atoms with Gasteiger partial charge in [-0.15, -0.1) is 0 Å². The molecule has 0 fully saturated rings. The molecule has 4 rings (SSSR count). The third-order valence-corrected chi connectivity index (χ3v) is 5.82. The van der Waals surface area contributed by atoms with Crippen molar-refractivity contribution >= 4 is 0 Å². The Morgan fingerprint density at radius 1 is 0.941 bits per heavy atom. The molecule has 0 radical (unpaired) electrons. The normalized spacial score (nSPS) is 11.1. The van der Waals surface area contributed by atoms with Crippen molar-refractivity contribution in [3.05, 3.63) is 69.1 Å². The lowest BCUT2D eigenvalue weighted by atomic mass is 10.0. The molecular weight excluding hydrogens is 432 g/mol. The first-order valence-electron chi connectivity index (χ1n) is 11.3. The topological polar surface area (TPSA) is 89.0 Å². The van der Waals surface area contributed by atoms with Crippen LogP contribution in [0.4, 0.5) is 0 Å². The Hall–Kier alpha value is -3.88. The largest absolute Gasteiger partial charge is 0.489 e. The second-order valence-corrected chi connectivity index (χ2v) is 8.39. The van der Waals surface area contributed by atoms with Crippen LogP contribution in [0, 0.1) is 20.8 Å². The molecule has 0 saturated heterocycles. The lowest BCUT2D eigenvalue weighted by Gasteiger charge is -2.14. The van der Waals surface area contributed by atoms with Crippen LogP contribution in [-0.2, 0) is 20.7 Å². The van der Waals surface area contributed by atoms with Crippen molar-refractivity contribution in [2.45, 2.75) is 40.7 Å². The number of tetrazole rings is 1. The van der Waals surface area contributed by atoms with Gasteiger partial charge in [0.2, 0.25) is 5.88 Å². The number of nitrogens with zero attached hydrogens (tertiary/aromatic N) is 6. The average Bonchev–Trinajstić information content (AvgIpc) is 3.29. The maximum absolute atomic E-state index is 12.4. The van der Waals surface area contributed by atoms with Crippen molar-refractivity contribution in [1.29, 1.82) is 0 Å². The van der Waals surface area contributed by atoms with E-state index in [4.69, 9.17) is 9.47 Å². The first kappa shape index (κ1) is 23.3. The van der Waals surface area contributed by atoms with Gasteiger partial charge in [-0.1, -0.05) is 19.1 Å². The van der Waals surface area contributed by atoms with Gasteiger partial charge in [-0.25, -0.2) is 9.48 Å². The van der Waals surface area contributed by atoms with Crippen molar-refractivity contribution in [3.8, 4) is 28.6 Å². The number of aromatic nitrogens is 6. The van der Waals surface area contributed by atoms with Crippen LogP contribution in [0.1, 0.15) is 35.6 Å². The molecule has 2 heterocycles. The number of hydrogen-bond donors (Lipinski definition) is 0. The molecular formula is C25H30N6O3. The van der Waals surface area contributed by atoms with Gasteiger partial charge in [0.25, 0.3) is 0 Å². The molecule has 0 unspecified atom stereocenters. The molecule has 0 amide bonds. The van der Waals surface area contributed by atoms with Crippen molar-refractivity contribution in [2.75, 3.05) is 6.61 Å². The maximum Gasteiger partial charge on any atom is 0.368 e. The van der Waals surface area contributed by atoms with E-state index in [-0.39, 0.29) is 5.69 Å². The highest BCUT2D eigenvalue weighted by atomic mass is 16.5. The van der Waals surface area contributed by atoms with E-state index in [1.54, 1.807) is 11.7 Å². The van der Waals surface area contributed by atoms with Crippen LogP contribution in [-0.4, -0.2) is 36.2 Å². The predicted molar refractivity (Wildman–Crippen MR) is 130 cm³/mol. The van der Waals surface area contributed by atoms with Crippen molar-refractivity contribution in [3.63, 3.8) is 0 Å². The maximum atomic E-state index is 12.4. The van der Waals surface area contributed by atoms with Gasteiger partial charge in [-0.05, 0) is 73.0 Å². The molecule has 9 nitrogen and oxygen atoms in total. The number of benzene rings is 2. The van der Waals surface area contributed by atoms with Crippen LogP contribution in [0.5, 0.6) is 11.6 Å². The fraction of sp³-hybridized carbons (Fsp3) is 0.360. The molecule has 0 atom stereocenters. The van der Waals surface area contributed by atoms with Crippen molar-refractivity contribution < 1.29 is 9.47 Å². The van der Waals surface area contributed by atoms with Crippen LogP contribution >= 0.6 is 0 Å². The molecule has 2 aromatic heterocycles. The fourth-order valence-electron chi connectivity index (χ4n) is 3.94. The van der Waals surface area contributed by atoms with E-state index in [0.717, 1.165) is 51.6 Å². The van der Waals surface area contributed by atoms with Gasteiger partial charge >= 0.3 is 5.69 Å². The summed E-state index contributed by atoms with van der Waals surface area (Å²) in [4.78, 5) is 12.4. The summed E-state index contributed by atoms with van der Waals surface area (Å²) in [6, 6.07) is 11.8. The highest BCUT2D eigenvalue weighted by molar-refractivity contribution is 5.67. The minimum atomic E-state index is -0.305. The van der Waals surface area contributed by atoms with Crippen LogP contribution in [0.3, 0.4) is 0 Å². The highest BCUT2D eigenvalue weighted by Crippen LogP contribution is 2.32. The van der Waals surface area contributed by atoms with E-state index < -0.39 is 0 Å². The zero-order chi connectivity index (χ0) is 24.4. The van der Waals surface area contributed by atoms with Gasteiger partial charge in [0.05, 0.1) is 18.0 Å². The lowest BCUT2D eigenvalue weighted by molar-refractivity contribution is 0.288. The van der Waals surface area contributed by atoms with Gasteiger partial charge in [-0.2, -0.15) is 14.5 Å². The smallest absolute Gasteiger partial charge is 0.368 e. The Labute approximate surface area is 198 Å². The first-order chi connectivity index (χ1) is 16.3. The standard InChI is InChI=1S/C25H30N6O3/c1-7-13-33-24-18(4)23(26-29(24)5)19-11-12-22(17(3)14-19)34-15-20-16(2)9-8-10-21(20)31-25(32)30(6)27-28-31/h8-12,14H,7,13,15H2,1-6H3. The summed E-state index contributed by atoms with van der Waals surface area (Å²) in [6.07, 6.45) is 0.944. The second-order valence-electron chi connectivity index (χ2n) is 8.39. The third-order valence-electron chi connectivity index (χ3n) is 5.82. The zero-order valence-electron chi connectivity index (χ0n) is 20.5. The van der Waals surface area contributed by atoms with E-state index in [1.165, 1.54) is 9.36 Å². The van der Waals surface area contributed by atoms with Crippen LogP contribution in [0.2, 0.25) is 0 Å². The molecule has 0 N–H and O–H groups in total. The fourth-order valence-corrected chi connectivity index (χ4v) is 3.94. The van der Waals surface area contributed by atoms with Gasteiger partial charge in [0, 0.05) is 30.8 Å². The van der Waals surface area contributed by atoms with Crippen molar-refractivity contribution in [1.82, 2.24) is 29.6 Å². The molecule has 9 heteroatoms. The minimum absolute atomic E-state index is 0.294. The first-order valence-corrected chi connectivity index (χ1v) is 11.3. The molecule has 0 aliphatic carbocycles. The third kappa shape index (κ3) is 4.33. The quantitative estimate of drug-likeness (QED) is 0.397. The number of ether oxygens (including phenoxy) is 2. The molecule has 34 heavy (non-hydrogen) atoms. The van der Waals surface area contributed by atoms with E-state index in [1.807, 2.05) is 58.2 Å². The number of hydrogen-bond acceptors (Lipinski definition) is 6. The van der Waals surface area contributed by atoms with Gasteiger partial charge in [0.1, 0.15) is 12.4 Å². The zero-order valence-corrected chi connectivity index (χ0v) is 20.5. The summed E-state index contributed by atoms with van der Waals surface area (Å²) in [5, 5.41) is 12.5. The summed E-state index contributed by atoms with van der Waals surface area (Å²) < 4.78 is 16.3. The lowest BCUT2D eigenvalue weighted by Crippen LogP contribution is -2.23. The van der Waals surface area contributed by atoms with E-state index >= 15 is 0 Å². The summed E-state index contributed by atoms with van der Waals surface area (Å²) in [5.74, 6) is 1.56. The molecule has 0 aliphatic rings. The summed E-state index contributed by atoms with van der Waals surface area (Å²) in [5.41, 5.74) is 6.16. The van der Waals surface area contributed by atoms with Crippen LogP contribution < -0.4 is 15.2 Å². The molecule has 0 bridgehead atoms. The second kappa shape index (κ2) is 9.54. The summed E-state index contributed by atoms with van der Waals surface area (Å²) in [7, 11) is 3.47. The molecule has 0 saturated carbocycles.